The SMILES string of the molecule is COC(=O)N1CCCC[C@@H]1C(=O)N1CCc2ccc(OC)cc2CC1. The Morgan fingerprint density at radius 2 is 1.80 bits per heavy atom. The van der Waals surface area contributed by atoms with E-state index in [1.54, 1.807) is 12.0 Å². The summed E-state index contributed by atoms with van der Waals surface area (Å²) in [5.74, 6) is 0.896. The first-order chi connectivity index (χ1) is 12.1. The summed E-state index contributed by atoms with van der Waals surface area (Å²) in [4.78, 5) is 28.6. The Bertz CT molecular complexity index is 646. The van der Waals surface area contributed by atoms with Crippen molar-refractivity contribution in [3.8, 4) is 5.75 Å². The van der Waals surface area contributed by atoms with Gasteiger partial charge in [0, 0.05) is 19.6 Å². The molecular weight excluding hydrogens is 320 g/mol. The van der Waals surface area contributed by atoms with Gasteiger partial charge in [0.1, 0.15) is 11.8 Å². The Kier molecular flexibility index (Phi) is 5.46. The first-order valence-corrected chi connectivity index (χ1v) is 8.93. The number of likely N-dealkylation sites (tertiary alicyclic amines) is 1. The van der Waals surface area contributed by atoms with Crippen molar-refractivity contribution in [2.75, 3.05) is 33.9 Å². The molecule has 0 aliphatic carbocycles. The molecule has 6 heteroatoms. The standard InChI is InChI=1S/C19H26N2O4/c1-24-16-7-6-14-8-11-20(12-9-15(14)13-16)18(22)17-5-3-4-10-21(17)19(23)25-2/h6-7,13,17H,3-5,8-12H2,1-2H3/t17-/m1/s1. The van der Waals surface area contributed by atoms with Crippen LogP contribution in [0.5, 0.6) is 5.75 Å². The smallest absolute Gasteiger partial charge is 0.410 e. The van der Waals surface area contributed by atoms with Gasteiger partial charge in [-0.25, -0.2) is 4.79 Å². The van der Waals surface area contributed by atoms with Gasteiger partial charge >= 0.3 is 6.09 Å². The first kappa shape index (κ1) is 17.6. The summed E-state index contributed by atoms with van der Waals surface area (Å²) in [5, 5.41) is 0. The van der Waals surface area contributed by atoms with Crippen LogP contribution in [0.1, 0.15) is 30.4 Å². The van der Waals surface area contributed by atoms with Gasteiger partial charge in [-0.2, -0.15) is 0 Å². The molecule has 0 bridgehead atoms. The third-order valence-corrected chi connectivity index (χ3v) is 5.22. The quantitative estimate of drug-likeness (QED) is 0.824. The van der Waals surface area contributed by atoms with Crippen LogP contribution in [0.4, 0.5) is 4.79 Å². The molecule has 0 unspecified atom stereocenters. The topological polar surface area (TPSA) is 59.1 Å². The van der Waals surface area contributed by atoms with Crippen LogP contribution in [0.2, 0.25) is 0 Å². The number of methoxy groups -OCH3 is 2. The second-order valence-corrected chi connectivity index (χ2v) is 6.63. The maximum Gasteiger partial charge on any atom is 0.410 e. The summed E-state index contributed by atoms with van der Waals surface area (Å²) in [7, 11) is 3.03. The number of hydrogen-bond donors (Lipinski definition) is 0. The van der Waals surface area contributed by atoms with Crippen molar-refractivity contribution in [3.63, 3.8) is 0 Å². The second kappa shape index (κ2) is 7.76. The summed E-state index contributed by atoms with van der Waals surface area (Å²) in [6.07, 6.45) is 3.84. The van der Waals surface area contributed by atoms with Gasteiger partial charge in [0.15, 0.2) is 0 Å². The molecule has 0 aromatic heterocycles. The molecule has 0 saturated carbocycles. The Balaban J connectivity index is 1.71. The van der Waals surface area contributed by atoms with Crippen molar-refractivity contribution < 1.29 is 19.1 Å². The summed E-state index contributed by atoms with van der Waals surface area (Å²) < 4.78 is 10.2. The van der Waals surface area contributed by atoms with E-state index in [-0.39, 0.29) is 5.91 Å². The first-order valence-electron chi connectivity index (χ1n) is 8.93. The van der Waals surface area contributed by atoms with E-state index >= 15 is 0 Å². The highest BCUT2D eigenvalue weighted by atomic mass is 16.5. The van der Waals surface area contributed by atoms with Crippen LogP contribution in [-0.4, -0.2) is 61.7 Å². The molecule has 2 aliphatic heterocycles. The molecule has 6 nitrogen and oxygen atoms in total. The van der Waals surface area contributed by atoms with Gasteiger partial charge in [-0.1, -0.05) is 6.07 Å². The molecule has 2 aliphatic rings. The fourth-order valence-corrected chi connectivity index (χ4v) is 3.78. The highest BCUT2D eigenvalue weighted by Crippen LogP contribution is 2.24. The van der Waals surface area contributed by atoms with Crippen LogP contribution in [-0.2, 0) is 22.4 Å². The zero-order valence-corrected chi connectivity index (χ0v) is 15.0. The minimum Gasteiger partial charge on any atom is -0.497 e. The maximum atomic E-state index is 13.1. The highest BCUT2D eigenvalue weighted by Gasteiger charge is 2.35. The third kappa shape index (κ3) is 3.72. The maximum absolute atomic E-state index is 13.1. The number of ether oxygens (including phenoxy) is 2. The Morgan fingerprint density at radius 1 is 1.04 bits per heavy atom. The van der Waals surface area contributed by atoms with Gasteiger partial charge in [-0.15, -0.1) is 0 Å². The number of nitrogens with zero attached hydrogens (tertiary/aromatic N) is 2. The molecule has 2 amide bonds. The van der Waals surface area contributed by atoms with Crippen LogP contribution >= 0.6 is 0 Å². The number of amides is 2. The summed E-state index contributed by atoms with van der Waals surface area (Å²) in [6.45, 7) is 1.95. The number of rotatable bonds is 2. The Hall–Kier alpha value is -2.24. The molecule has 0 spiro atoms. The lowest BCUT2D eigenvalue weighted by molar-refractivity contribution is -0.137. The lowest BCUT2D eigenvalue weighted by Crippen LogP contribution is -2.53. The van der Waals surface area contributed by atoms with E-state index in [0.29, 0.717) is 26.1 Å². The monoisotopic (exact) mass is 346 g/mol. The Labute approximate surface area is 148 Å². The average Bonchev–Trinajstić information content (AvgIpc) is 2.88. The number of benzene rings is 1. The van der Waals surface area contributed by atoms with Gasteiger partial charge in [-0.05, 0) is 55.4 Å². The van der Waals surface area contributed by atoms with E-state index in [1.807, 2.05) is 11.0 Å². The lowest BCUT2D eigenvalue weighted by atomic mass is 10.0. The zero-order chi connectivity index (χ0) is 17.8. The number of fused-ring (bicyclic) bond motifs is 1. The molecule has 1 saturated heterocycles. The molecule has 1 atom stereocenters. The van der Waals surface area contributed by atoms with Crippen LogP contribution in [0.3, 0.4) is 0 Å². The molecule has 1 aromatic rings. The Morgan fingerprint density at radius 3 is 2.52 bits per heavy atom. The van der Waals surface area contributed by atoms with E-state index in [9.17, 15) is 9.59 Å². The molecule has 0 radical (unpaired) electrons. The van der Waals surface area contributed by atoms with Crippen LogP contribution < -0.4 is 4.74 Å². The van der Waals surface area contributed by atoms with Gasteiger partial charge in [0.25, 0.3) is 0 Å². The minimum absolute atomic E-state index is 0.0462. The predicted molar refractivity (Wildman–Crippen MR) is 93.7 cm³/mol. The van der Waals surface area contributed by atoms with Gasteiger partial charge in [-0.3, -0.25) is 9.69 Å². The molecule has 0 N–H and O–H groups in total. The van der Waals surface area contributed by atoms with Crippen LogP contribution in [0.15, 0.2) is 18.2 Å². The van der Waals surface area contributed by atoms with Crippen molar-refractivity contribution >= 4 is 12.0 Å². The van der Waals surface area contributed by atoms with Crippen molar-refractivity contribution in [3.05, 3.63) is 29.3 Å². The largest absolute Gasteiger partial charge is 0.497 e. The molecule has 136 valence electrons. The lowest BCUT2D eigenvalue weighted by Gasteiger charge is -2.36. The summed E-state index contributed by atoms with van der Waals surface area (Å²) in [5.41, 5.74) is 2.51. The third-order valence-electron chi connectivity index (χ3n) is 5.22. The van der Waals surface area contributed by atoms with Crippen molar-refractivity contribution in [1.82, 2.24) is 9.80 Å². The normalized spacial score (nSPS) is 20.5. The summed E-state index contributed by atoms with van der Waals surface area (Å²) >= 11 is 0. The van der Waals surface area contributed by atoms with E-state index in [0.717, 1.165) is 31.4 Å². The van der Waals surface area contributed by atoms with Crippen molar-refractivity contribution in [2.45, 2.75) is 38.1 Å². The average molecular weight is 346 g/mol. The molecule has 2 heterocycles. The molecule has 1 fully saturated rings. The number of piperidine rings is 1. The van der Waals surface area contributed by atoms with E-state index in [1.165, 1.54) is 18.2 Å². The number of carbonyl (C=O) groups excluding carboxylic acids is 2. The van der Waals surface area contributed by atoms with Crippen LogP contribution in [0.25, 0.3) is 0 Å². The van der Waals surface area contributed by atoms with Gasteiger partial charge in [0.05, 0.1) is 14.2 Å². The van der Waals surface area contributed by atoms with Crippen molar-refractivity contribution in [1.29, 1.82) is 0 Å². The van der Waals surface area contributed by atoms with E-state index in [4.69, 9.17) is 9.47 Å². The minimum atomic E-state index is -0.402. The number of hydrogen-bond acceptors (Lipinski definition) is 4. The molecule has 3 rings (SSSR count). The predicted octanol–water partition coefficient (Wildman–Crippen LogP) is 2.24. The molecular formula is C19H26N2O4. The van der Waals surface area contributed by atoms with Crippen LogP contribution in [0, 0.1) is 0 Å². The van der Waals surface area contributed by atoms with Gasteiger partial charge < -0.3 is 14.4 Å². The molecule has 1 aromatic carbocycles. The second-order valence-electron chi connectivity index (χ2n) is 6.63. The summed E-state index contributed by atoms with van der Waals surface area (Å²) in [6, 6.07) is 5.72. The van der Waals surface area contributed by atoms with Crippen molar-refractivity contribution in [2.24, 2.45) is 0 Å². The zero-order valence-electron chi connectivity index (χ0n) is 15.0. The fourth-order valence-electron chi connectivity index (χ4n) is 3.78. The number of carbonyl (C=O) groups is 2. The highest BCUT2D eigenvalue weighted by molar-refractivity contribution is 5.86. The molecule has 25 heavy (non-hydrogen) atoms. The van der Waals surface area contributed by atoms with Gasteiger partial charge in [0.2, 0.25) is 5.91 Å². The fraction of sp³-hybridized carbons (Fsp3) is 0.579. The van der Waals surface area contributed by atoms with E-state index < -0.39 is 12.1 Å². The van der Waals surface area contributed by atoms with E-state index in [2.05, 4.69) is 12.1 Å².